The highest BCUT2D eigenvalue weighted by Crippen LogP contribution is 2.08. The van der Waals surface area contributed by atoms with E-state index in [0.29, 0.717) is 6.54 Å². The van der Waals surface area contributed by atoms with Crippen LogP contribution in [0.25, 0.3) is 0 Å². The standard InChI is InChI=1S/C8H13N2O3P/c1-2-3-4-5-10-6-7(14(12)13)8(11)9-10/h6H,2-5H2,1H3,(H-,9,11,12,13)/p+1. The molecule has 1 atom stereocenters. The lowest BCUT2D eigenvalue weighted by Crippen LogP contribution is -2.16. The van der Waals surface area contributed by atoms with Gasteiger partial charge in [0.2, 0.25) is 0 Å². The summed E-state index contributed by atoms with van der Waals surface area (Å²) in [5.41, 5.74) is -0.467. The highest BCUT2D eigenvalue weighted by molar-refractivity contribution is 7.47. The molecule has 5 nitrogen and oxygen atoms in total. The number of rotatable bonds is 5. The zero-order chi connectivity index (χ0) is 10.6. The van der Waals surface area contributed by atoms with Gasteiger partial charge in [-0.15, -0.1) is 0 Å². The van der Waals surface area contributed by atoms with E-state index in [2.05, 4.69) is 12.0 Å². The molecule has 0 aliphatic rings. The van der Waals surface area contributed by atoms with Gasteiger partial charge in [0.1, 0.15) is 0 Å². The molecule has 0 amide bonds. The van der Waals surface area contributed by atoms with Crippen LogP contribution in [0.2, 0.25) is 0 Å². The Labute approximate surface area is 82.6 Å². The molecule has 1 unspecified atom stereocenters. The maximum atomic E-state index is 11.1. The molecule has 0 aromatic carbocycles. The molecule has 78 valence electrons. The van der Waals surface area contributed by atoms with Crippen molar-refractivity contribution in [1.82, 2.24) is 9.78 Å². The summed E-state index contributed by atoms with van der Waals surface area (Å²) in [7, 11) is -2.53. The Morgan fingerprint density at radius 1 is 1.57 bits per heavy atom. The van der Waals surface area contributed by atoms with Crippen LogP contribution < -0.4 is 10.9 Å². The quantitative estimate of drug-likeness (QED) is 0.563. The van der Waals surface area contributed by atoms with Gasteiger partial charge in [0.15, 0.2) is 0 Å². The molecule has 0 fully saturated rings. The van der Waals surface area contributed by atoms with Gasteiger partial charge in [0.25, 0.3) is 0 Å². The minimum atomic E-state index is -2.53. The van der Waals surface area contributed by atoms with E-state index in [1.807, 2.05) is 0 Å². The van der Waals surface area contributed by atoms with E-state index < -0.39 is 13.6 Å². The highest BCUT2D eigenvalue weighted by Gasteiger charge is 2.23. The molecule has 0 saturated carbocycles. The Morgan fingerprint density at radius 3 is 2.79 bits per heavy atom. The van der Waals surface area contributed by atoms with Crippen molar-refractivity contribution in [2.45, 2.75) is 32.7 Å². The molecule has 1 aromatic heterocycles. The number of hydrogen-bond donors (Lipinski definition) is 2. The van der Waals surface area contributed by atoms with Crippen LogP contribution in [-0.2, 0) is 11.1 Å². The van der Waals surface area contributed by atoms with Gasteiger partial charge < -0.3 is 0 Å². The van der Waals surface area contributed by atoms with Crippen molar-refractivity contribution in [2.75, 3.05) is 0 Å². The summed E-state index contributed by atoms with van der Waals surface area (Å²) in [6, 6.07) is 0. The van der Waals surface area contributed by atoms with Crippen LogP contribution >= 0.6 is 8.03 Å². The normalized spacial score (nSPS) is 11.7. The number of aryl methyl sites for hydroxylation is 1. The molecular weight excluding hydrogens is 203 g/mol. The van der Waals surface area contributed by atoms with E-state index in [1.165, 1.54) is 6.20 Å². The Hall–Kier alpha value is -0.930. The second-order valence-corrected chi connectivity index (χ2v) is 4.16. The number of aromatic amines is 1. The number of unbranched alkanes of at least 4 members (excludes halogenated alkanes) is 2. The fourth-order valence-electron chi connectivity index (χ4n) is 1.22. The molecule has 6 heteroatoms. The average Bonchev–Trinajstić information content (AvgIpc) is 2.47. The van der Waals surface area contributed by atoms with Crippen LogP contribution in [0, 0.1) is 0 Å². The van der Waals surface area contributed by atoms with Crippen molar-refractivity contribution in [2.24, 2.45) is 0 Å². The van der Waals surface area contributed by atoms with Crippen molar-refractivity contribution in [3.8, 4) is 0 Å². The lowest BCUT2D eigenvalue weighted by molar-refractivity contribution is 0.513. The summed E-state index contributed by atoms with van der Waals surface area (Å²) >= 11 is 0. The SMILES string of the molecule is CCCCCn1cc([P+](=O)O)c(=O)[nH]1. The molecule has 0 radical (unpaired) electrons. The molecule has 0 bridgehead atoms. The predicted molar refractivity (Wildman–Crippen MR) is 54.0 cm³/mol. The molecular formula is C8H14N2O3P+. The second kappa shape index (κ2) is 5.08. The monoisotopic (exact) mass is 217 g/mol. The Kier molecular flexibility index (Phi) is 4.04. The molecule has 1 aromatic rings. The van der Waals surface area contributed by atoms with Crippen molar-refractivity contribution in [3.05, 3.63) is 16.6 Å². The van der Waals surface area contributed by atoms with E-state index in [4.69, 9.17) is 4.89 Å². The molecule has 0 aliphatic heterocycles. The lowest BCUT2D eigenvalue weighted by Gasteiger charge is -1.98. The topological polar surface area (TPSA) is 75.1 Å². The average molecular weight is 217 g/mol. The minimum absolute atomic E-state index is 0.0449. The third-order valence-electron chi connectivity index (χ3n) is 1.96. The van der Waals surface area contributed by atoms with Crippen LogP contribution in [0.3, 0.4) is 0 Å². The van der Waals surface area contributed by atoms with Crippen molar-refractivity contribution < 1.29 is 9.46 Å². The Bertz CT molecular complexity index is 369. The van der Waals surface area contributed by atoms with E-state index in [9.17, 15) is 9.36 Å². The first-order valence-electron chi connectivity index (χ1n) is 4.60. The van der Waals surface area contributed by atoms with E-state index >= 15 is 0 Å². The van der Waals surface area contributed by atoms with Crippen molar-refractivity contribution in [3.63, 3.8) is 0 Å². The first kappa shape index (κ1) is 11.1. The lowest BCUT2D eigenvalue weighted by atomic mass is 10.2. The second-order valence-electron chi connectivity index (χ2n) is 3.13. The van der Waals surface area contributed by atoms with Crippen molar-refractivity contribution in [1.29, 1.82) is 0 Å². The number of hydrogen-bond acceptors (Lipinski definition) is 2. The molecule has 2 N–H and O–H groups in total. The van der Waals surface area contributed by atoms with Crippen LogP contribution in [0.15, 0.2) is 11.0 Å². The minimum Gasteiger partial charge on any atom is -0.288 e. The fourth-order valence-corrected chi connectivity index (χ4v) is 1.68. The fraction of sp³-hybridized carbons (Fsp3) is 0.625. The third kappa shape index (κ3) is 2.79. The highest BCUT2D eigenvalue weighted by atomic mass is 31.1. The number of aromatic nitrogens is 2. The molecule has 14 heavy (non-hydrogen) atoms. The largest absolute Gasteiger partial charge is 0.553 e. The Morgan fingerprint density at radius 2 is 2.29 bits per heavy atom. The third-order valence-corrected chi connectivity index (χ3v) is 2.70. The maximum Gasteiger partial charge on any atom is 0.553 e. The van der Waals surface area contributed by atoms with E-state index in [-0.39, 0.29) is 5.30 Å². The first-order valence-corrected chi connectivity index (χ1v) is 5.82. The maximum absolute atomic E-state index is 11.1. The van der Waals surface area contributed by atoms with Gasteiger partial charge in [-0.3, -0.25) is 14.6 Å². The van der Waals surface area contributed by atoms with Gasteiger partial charge >= 0.3 is 18.9 Å². The molecule has 0 saturated heterocycles. The van der Waals surface area contributed by atoms with Gasteiger partial charge in [-0.2, -0.15) is 4.89 Å². The van der Waals surface area contributed by atoms with Gasteiger partial charge in [0.05, 0.1) is 6.20 Å². The summed E-state index contributed by atoms with van der Waals surface area (Å²) in [4.78, 5) is 19.9. The predicted octanol–water partition coefficient (Wildman–Crippen LogP) is 0.727. The molecule has 0 aliphatic carbocycles. The van der Waals surface area contributed by atoms with Gasteiger partial charge in [-0.1, -0.05) is 19.8 Å². The first-order chi connectivity index (χ1) is 6.65. The van der Waals surface area contributed by atoms with Crippen LogP contribution in [0.5, 0.6) is 0 Å². The summed E-state index contributed by atoms with van der Waals surface area (Å²) < 4.78 is 12.2. The van der Waals surface area contributed by atoms with Gasteiger partial charge in [-0.05, 0) is 11.0 Å². The number of H-pyrrole nitrogens is 1. The van der Waals surface area contributed by atoms with Crippen LogP contribution in [-0.4, -0.2) is 14.7 Å². The Balaban J connectivity index is 2.67. The molecule has 0 spiro atoms. The summed E-state index contributed by atoms with van der Waals surface area (Å²) in [5.74, 6) is 0. The zero-order valence-corrected chi connectivity index (χ0v) is 8.96. The van der Waals surface area contributed by atoms with Crippen LogP contribution in [0.1, 0.15) is 26.2 Å². The smallest absolute Gasteiger partial charge is 0.288 e. The van der Waals surface area contributed by atoms with E-state index in [1.54, 1.807) is 4.68 Å². The summed E-state index contributed by atoms with van der Waals surface area (Å²) in [6.45, 7) is 2.78. The molecule has 1 rings (SSSR count). The van der Waals surface area contributed by atoms with Crippen molar-refractivity contribution >= 4 is 13.3 Å². The van der Waals surface area contributed by atoms with Crippen LogP contribution in [0.4, 0.5) is 0 Å². The zero-order valence-electron chi connectivity index (χ0n) is 8.06. The number of nitrogens with zero attached hydrogens (tertiary/aromatic N) is 1. The molecule has 1 heterocycles. The van der Waals surface area contributed by atoms with Gasteiger partial charge in [-0.25, -0.2) is 0 Å². The summed E-state index contributed by atoms with van der Waals surface area (Å²) in [5, 5.41) is 2.46. The summed E-state index contributed by atoms with van der Waals surface area (Å²) in [6.07, 6.45) is 4.56. The number of nitrogens with one attached hydrogen (secondary N) is 1. The van der Waals surface area contributed by atoms with E-state index in [0.717, 1.165) is 19.3 Å². The van der Waals surface area contributed by atoms with Gasteiger partial charge in [0, 0.05) is 6.54 Å².